The van der Waals surface area contributed by atoms with Crippen molar-refractivity contribution in [1.29, 1.82) is 5.41 Å². The predicted molar refractivity (Wildman–Crippen MR) is 47.3 cm³/mol. The lowest BCUT2D eigenvalue weighted by atomic mass is 10.2. The molecule has 4 N–H and O–H groups in total. The summed E-state index contributed by atoms with van der Waals surface area (Å²) in [6.07, 6.45) is 0. The maximum atomic E-state index is 10.8. The zero-order valence-corrected chi connectivity index (χ0v) is 7.38. The standard InChI is InChI=1S/C7H8N2O3S/c8-7(9)5-3-1-2-4-6(5)13(10,11)12/h1-4H,(H3,8,9)(H,10,11,12). The number of nitrogen functional groups attached to an aromatic ring is 1. The minimum atomic E-state index is -4.30. The fraction of sp³-hybridized carbons (Fsp3) is 0. The molecule has 0 heterocycles. The first-order valence-corrected chi connectivity index (χ1v) is 4.78. The van der Waals surface area contributed by atoms with E-state index in [1.54, 1.807) is 0 Å². The molecule has 6 heteroatoms. The van der Waals surface area contributed by atoms with Crippen molar-refractivity contribution in [3.63, 3.8) is 0 Å². The van der Waals surface area contributed by atoms with Gasteiger partial charge in [-0.25, -0.2) is 0 Å². The molecule has 0 spiro atoms. The van der Waals surface area contributed by atoms with E-state index >= 15 is 0 Å². The number of rotatable bonds is 2. The monoisotopic (exact) mass is 200 g/mol. The number of nitrogens with one attached hydrogen (secondary N) is 1. The molecule has 0 bridgehead atoms. The zero-order chi connectivity index (χ0) is 10.1. The van der Waals surface area contributed by atoms with Crippen LogP contribution in [0.15, 0.2) is 29.2 Å². The summed E-state index contributed by atoms with van der Waals surface area (Å²) in [6, 6.07) is 5.51. The summed E-state index contributed by atoms with van der Waals surface area (Å²) in [7, 11) is -4.30. The van der Waals surface area contributed by atoms with Gasteiger partial charge in [0, 0.05) is 5.56 Å². The maximum absolute atomic E-state index is 10.8. The van der Waals surface area contributed by atoms with Crippen LogP contribution in [0.5, 0.6) is 0 Å². The van der Waals surface area contributed by atoms with Gasteiger partial charge in [-0.15, -0.1) is 0 Å². The molecule has 0 aliphatic rings. The summed E-state index contributed by atoms with van der Waals surface area (Å²) in [5.41, 5.74) is 5.12. The molecular formula is C7H8N2O3S. The molecule has 1 rings (SSSR count). The van der Waals surface area contributed by atoms with Crippen LogP contribution in [0.4, 0.5) is 0 Å². The molecule has 0 aromatic heterocycles. The average Bonchev–Trinajstić information content (AvgIpc) is 2.03. The first kappa shape index (κ1) is 9.69. The van der Waals surface area contributed by atoms with Gasteiger partial charge in [-0.05, 0) is 12.1 Å². The average molecular weight is 200 g/mol. The van der Waals surface area contributed by atoms with Crippen LogP contribution in [-0.2, 0) is 10.1 Å². The third-order valence-electron chi connectivity index (χ3n) is 1.46. The van der Waals surface area contributed by atoms with Crippen molar-refractivity contribution >= 4 is 16.0 Å². The number of amidine groups is 1. The highest BCUT2D eigenvalue weighted by molar-refractivity contribution is 7.86. The Labute approximate surface area is 75.5 Å². The Morgan fingerprint density at radius 3 is 2.31 bits per heavy atom. The van der Waals surface area contributed by atoms with Gasteiger partial charge in [0.25, 0.3) is 10.1 Å². The van der Waals surface area contributed by atoms with E-state index in [1.165, 1.54) is 24.3 Å². The summed E-state index contributed by atoms with van der Waals surface area (Å²) < 4.78 is 30.3. The minimum Gasteiger partial charge on any atom is -0.384 e. The Hall–Kier alpha value is -1.40. The van der Waals surface area contributed by atoms with Crippen molar-refractivity contribution in [2.45, 2.75) is 4.90 Å². The highest BCUT2D eigenvalue weighted by Crippen LogP contribution is 2.13. The van der Waals surface area contributed by atoms with Crippen molar-refractivity contribution < 1.29 is 13.0 Å². The summed E-state index contributed by atoms with van der Waals surface area (Å²) in [5, 5.41) is 7.06. The molecule has 70 valence electrons. The second-order valence-electron chi connectivity index (χ2n) is 2.38. The Balaban J connectivity index is 3.46. The van der Waals surface area contributed by atoms with Crippen molar-refractivity contribution in [3.05, 3.63) is 29.8 Å². The predicted octanol–water partition coefficient (Wildman–Crippen LogP) is 0.217. The third kappa shape index (κ3) is 2.04. The van der Waals surface area contributed by atoms with Crippen molar-refractivity contribution in [2.75, 3.05) is 0 Å². The second kappa shape index (κ2) is 3.15. The molecule has 0 radical (unpaired) electrons. The van der Waals surface area contributed by atoms with Gasteiger partial charge in [0.2, 0.25) is 0 Å². The van der Waals surface area contributed by atoms with Gasteiger partial charge in [0.15, 0.2) is 0 Å². The van der Waals surface area contributed by atoms with Gasteiger partial charge in [-0.1, -0.05) is 12.1 Å². The number of benzene rings is 1. The van der Waals surface area contributed by atoms with E-state index < -0.39 is 16.0 Å². The van der Waals surface area contributed by atoms with Crippen LogP contribution in [-0.4, -0.2) is 18.8 Å². The molecule has 1 aromatic carbocycles. The van der Waals surface area contributed by atoms with Crippen molar-refractivity contribution in [2.24, 2.45) is 5.73 Å². The highest BCUT2D eigenvalue weighted by Gasteiger charge is 2.15. The van der Waals surface area contributed by atoms with Crippen LogP contribution >= 0.6 is 0 Å². The van der Waals surface area contributed by atoms with Gasteiger partial charge < -0.3 is 5.73 Å². The van der Waals surface area contributed by atoms with Crippen LogP contribution in [0.3, 0.4) is 0 Å². The van der Waals surface area contributed by atoms with E-state index in [1.807, 2.05) is 0 Å². The molecule has 0 fully saturated rings. The van der Waals surface area contributed by atoms with Gasteiger partial charge in [0.05, 0.1) is 0 Å². The molecule has 0 saturated heterocycles. The molecule has 0 aliphatic heterocycles. The Morgan fingerprint density at radius 2 is 1.92 bits per heavy atom. The van der Waals surface area contributed by atoms with Gasteiger partial charge in [-0.3, -0.25) is 9.96 Å². The molecule has 0 unspecified atom stereocenters. The summed E-state index contributed by atoms with van der Waals surface area (Å²) in [6.45, 7) is 0. The first-order valence-electron chi connectivity index (χ1n) is 3.34. The molecular weight excluding hydrogens is 192 g/mol. The molecule has 0 saturated carbocycles. The van der Waals surface area contributed by atoms with Gasteiger partial charge in [-0.2, -0.15) is 8.42 Å². The number of nitrogens with two attached hydrogens (primary N) is 1. The fourth-order valence-electron chi connectivity index (χ4n) is 0.914. The lowest BCUT2D eigenvalue weighted by Crippen LogP contribution is -2.15. The SMILES string of the molecule is N=C(N)c1ccccc1S(=O)(=O)O. The maximum Gasteiger partial charge on any atom is 0.295 e. The smallest absolute Gasteiger partial charge is 0.295 e. The molecule has 0 amide bonds. The minimum absolute atomic E-state index is 0.00463. The van der Waals surface area contributed by atoms with Crippen molar-refractivity contribution in [3.8, 4) is 0 Å². The summed E-state index contributed by atoms with van der Waals surface area (Å²) in [4.78, 5) is -0.345. The quantitative estimate of drug-likeness (QED) is 0.360. The van der Waals surface area contributed by atoms with Gasteiger partial charge >= 0.3 is 0 Å². The third-order valence-corrected chi connectivity index (χ3v) is 2.37. The summed E-state index contributed by atoms with van der Waals surface area (Å²) >= 11 is 0. The van der Waals surface area contributed by atoms with E-state index in [9.17, 15) is 8.42 Å². The van der Waals surface area contributed by atoms with E-state index in [4.69, 9.17) is 15.7 Å². The molecule has 13 heavy (non-hydrogen) atoms. The molecule has 5 nitrogen and oxygen atoms in total. The second-order valence-corrected chi connectivity index (χ2v) is 3.77. The molecule has 1 aromatic rings. The Kier molecular flexibility index (Phi) is 2.35. The fourth-order valence-corrected chi connectivity index (χ4v) is 1.62. The summed E-state index contributed by atoms with van der Waals surface area (Å²) in [5.74, 6) is -0.395. The van der Waals surface area contributed by atoms with Crippen molar-refractivity contribution in [1.82, 2.24) is 0 Å². The zero-order valence-electron chi connectivity index (χ0n) is 6.56. The molecule has 0 atom stereocenters. The van der Waals surface area contributed by atoms with Crippen LogP contribution in [0.2, 0.25) is 0 Å². The number of hydrogen-bond donors (Lipinski definition) is 3. The largest absolute Gasteiger partial charge is 0.384 e. The lowest BCUT2D eigenvalue weighted by Gasteiger charge is -2.03. The van der Waals surface area contributed by atoms with E-state index in [0.717, 1.165) is 0 Å². The normalized spacial score (nSPS) is 11.2. The van der Waals surface area contributed by atoms with Gasteiger partial charge in [0.1, 0.15) is 10.7 Å². The molecule has 0 aliphatic carbocycles. The Bertz CT molecular complexity index is 439. The highest BCUT2D eigenvalue weighted by atomic mass is 32.2. The Morgan fingerprint density at radius 1 is 1.38 bits per heavy atom. The van der Waals surface area contributed by atoms with Crippen LogP contribution in [0.25, 0.3) is 0 Å². The lowest BCUT2D eigenvalue weighted by molar-refractivity contribution is 0.483. The van der Waals surface area contributed by atoms with Crippen LogP contribution in [0, 0.1) is 5.41 Å². The van der Waals surface area contributed by atoms with E-state index in [0.29, 0.717) is 0 Å². The number of hydrogen-bond acceptors (Lipinski definition) is 3. The van der Waals surface area contributed by atoms with Crippen LogP contribution < -0.4 is 5.73 Å². The first-order chi connectivity index (χ1) is 5.93. The topological polar surface area (TPSA) is 104 Å². The van der Waals surface area contributed by atoms with E-state index in [2.05, 4.69) is 0 Å². The van der Waals surface area contributed by atoms with Crippen LogP contribution in [0.1, 0.15) is 5.56 Å². The van der Waals surface area contributed by atoms with E-state index in [-0.39, 0.29) is 10.5 Å².